The maximum absolute atomic E-state index is 11.0. The molecule has 0 radical (unpaired) electrons. The fourth-order valence-electron chi connectivity index (χ4n) is 0.944. The number of hydrogen-bond donors (Lipinski definition) is 0. The SMILES string of the molecule is O=c1nnccn2cccc12. The Balaban J connectivity index is 3.09. The molecule has 0 unspecified atom stereocenters. The first kappa shape index (κ1) is 6.03. The fraction of sp³-hybridized carbons (Fsp3) is 0. The summed E-state index contributed by atoms with van der Waals surface area (Å²) in [5, 5.41) is 6.93. The molecule has 2 heterocycles. The molecule has 2 aromatic rings. The van der Waals surface area contributed by atoms with Gasteiger partial charge in [-0.25, -0.2) is 0 Å². The fourth-order valence-corrected chi connectivity index (χ4v) is 0.944. The van der Waals surface area contributed by atoms with Crippen LogP contribution in [0.15, 0.2) is 35.5 Å². The molecule has 11 heavy (non-hydrogen) atoms. The second-order valence-corrected chi connectivity index (χ2v) is 2.12. The van der Waals surface area contributed by atoms with Crippen LogP contribution in [0.1, 0.15) is 0 Å². The summed E-state index contributed by atoms with van der Waals surface area (Å²) >= 11 is 0. The van der Waals surface area contributed by atoms with Crippen LogP contribution in [-0.2, 0) is 0 Å². The van der Waals surface area contributed by atoms with Gasteiger partial charge in [0.05, 0.1) is 6.20 Å². The molecule has 0 saturated carbocycles. The molecule has 0 aliphatic rings. The predicted molar refractivity (Wildman–Crippen MR) is 39.3 cm³/mol. The Hall–Kier alpha value is -1.71. The zero-order valence-corrected chi connectivity index (χ0v) is 5.64. The van der Waals surface area contributed by atoms with Crippen molar-refractivity contribution in [3.63, 3.8) is 0 Å². The van der Waals surface area contributed by atoms with E-state index in [9.17, 15) is 4.79 Å². The van der Waals surface area contributed by atoms with Crippen LogP contribution in [0, 0.1) is 0 Å². The summed E-state index contributed by atoms with van der Waals surface area (Å²) in [6.07, 6.45) is 4.94. The second-order valence-electron chi connectivity index (χ2n) is 2.12. The number of rotatable bonds is 0. The quantitative estimate of drug-likeness (QED) is 0.530. The van der Waals surface area contributed by atoms with E-state index >= 15 is 0 Å². The highest BCUT2D eigenvalue weighted by Gasteiger charge is 1.93. The number of hydrogen-bond acceptors (Lipinski definition) is 3. The Bertz CT molecular complexity index is 435. The standard InChI is InChI=1S/C7H5N3O/c11-7-6-2-1-4-10(6)5-3-8-9-7/h1-5H. The van der Waals surface area contributed by atoms with Crippen molar-refractivity contribution in [2.24, 2.45) is 0 Å². The first-order chi connectivity index (χ1) is 5.38. The van der Waals surface area contributed by atoms with E-state index < -0.39 is 0 Å². The van der Waals surface area contributed by atoms with Gasteiger partial charge in [0.1, 0.15) is 5.52 Å². The average Bonchev–Trinajstić information content (AvgIpc) is 2.40. The van der Waals surface area contributed by atoms with Gasteiger partial charge >= 0.3 is 5.56 Å². The van der Waals surface area contributed by atoms with Gasteiger partial charge in [-0.1, -0.05) is 0 Å². The Labute approximate surface area is 62.1 Å². The van der Waals surface area contributed by atoms with Crippen LogP contribution in [0.5, 0.6) is 0 Å². The van der Waals surface area contributed by atoms with Crippen molar-refractivity contribution in [3.05, 3.63) is 41.1 Å². The molecular weight excluding hydrogens is 142 g/mol. The van der Waals surface area contributed by atoms with Gasteiger partial charge in [0.25, 0.3) is 0 Å². The van der Waals surface area contributed by atoms with E-state index in [4.69, 9.17) is 0 Å². The minimum Gasteiger partial charge on any atom is -0.317 e. The first-order valence-electron chi connectivity index (χ1n) is 3.16. The monoisotopic (exact) mass is 147 g/mol. The van der Waals surface area contributed by atoms with Crippen LogP contribution in [0.3, 0.4) is 0 Å². The van der Waals surface area contributed by atoms with Crippen molar-refractivity contribution in [2.75, 3.05) is 0 Å². The molecule has 0 aliphatic heterocycles. The predicted octanol–water partition coefficient (Wildman–Crippen LogP) is 0.0895. The summed E-state index contributed by atoms with van der Waals surface area (Å²) in [6.45, 7) is 0. The molecule has 0 atom stereocenters. The third kappa shape index (κ3) is 0.881. The van der Waals surface area contributed by atoms with E-state index in [1.165, 1.54) is 6.20 Å². The van der Waals surface area contributed by atoms with Gasteiger partial charge in [-0.2, -0.15) is 5.10 Å². The molecule has 0 N–H and O–H groups in total. The van der Waals surface area contributed by atoms with Gasteiger partial charge in [-0.05, 0) is 12.1 Å². The molecule has 4 heteroatoms. The van der Waals surface area contributed by atoms with Crippen molar-refractivity contribution in [1.82, 2.24) is 14.6 Å². The van der Waals surface area contributed by atoms with Gasteiger partial charge in [-0.3, -0.25) is 4.79 Å². The van der Waals surface area contributed by atoms with Crippen LogP contribution in [0.25, 0.3) is 5.52 Å². The number of fused-ring (bicyclic) bond motifs is 1. The summed E-state index contributed by atoms with van der Waals surface area (Å²) in [5.74, 6) is 0. The van der Waals surface area contributed by atoms with Crippen molar-refractivity contribution in [1.29, 1.82) is 0 Å². The molecule has 0 bridgehead atoms. The zero-order valence-electron chi connectivity index (χ0n) is 5.64. The van der Waals surface area contributed by atoms with E-state index in [-0.39, 0.29) is 5.56 Å². The summed E-state index contributed by atoms with van der Waals surface area (Å²) in [4.78, 5) is 11.0. The van der Waals surface area contributed by atoms with Gasteiger partial charge in [0.2, 0.25) is 0 Å². The molecule has 0 saturated heterocycles. The number of nitrogens with zero attached hydrogens (tertiary/aromatic N) is 3. The lowest BCUT2D eigenvalue weighted by Crippen LogP contribution is -2.03. The summed E-state index contributed by atoms with van der Waals surface area (Å²) < 4.78 is 1.68. The highest BCUT2D eigenvalue weighted by Crippen LogP contribution is 1.93. The van der Waals surface area contributed by atoms with E-state index in [0.29, 0.717) is 5.52 Å². The highest BCUT2D eigenvalue weighted by molar-refractivity contribution is 5.43. The van der Waals surface area contributed by atoms with Gasteiger partial charge in [0.15, 0.2) is 0 Å². The highest BCUT2D eigenvalue weighted by atomic mass is 16.1. The average molecular weight is 147 g/mol. The van der Waals surface area contributed by atoms with E-state index in [2.05, 4.69) is 10.2 Å². The van der Waals surface area contributed by atoms with Gasteiger partial charge < -0.3 is 4.40 Å². The summed E-state index contributed by atoms with van der Waals surface area (Å²) in [5.41, 5.74) is 0.238. The lowest BCUT2D eigenvalue weighted by Gasteiger charge is -1.79. The second kappa shape index (κ2) is 2.16. The number of aromatic nitrogens is 3. The first-order valence-corrected chi connectivity index (χ1v) is 3.16. The van der Waals surface area contributed by atoms with Crippen LogP contribution in [0.4, 0.5) is 0 Å². The molecule has 0 fully saturated rings. The molecule has 0 aliphatic carbocycles. The molecule has 0 spiro atoms. The third-order valence-electron chi connectivity index (χ3n) is 1.44. The van der Waals surface area contributed by atoms with E-state index in [0.717, 1.165) is 0 Å². The van der Waals surface area contributed by atoms with Crippen LogP contribution >= 0.6 is 0 Å². The maximum Gasteiger partial charge on any atom is 0.312 e. The lowest BCUT2D eigenvalue weighted by molar-refractivity contribution is 1.02. The summed E-state index contributed by atoms with van der Waals surface area (Å²) in [6, 6.07) is 3.50. The molecule has 54 valence electrons. The minimum atomic E-state index is -0.306. The third-order valence-corrected chi connectivity index (χ3v) is 1.44. The van der Waals surface area contributed by atoms with Gasteiger partial charge in [0, 0.05) is 12.4 Å². The molecule has 2 aromatic heterocycles. The minimum absolute atomic E-state index is 0.306. The van der Waals surface area contributed by atoms with Crippen LogP contribution in [0.2, 0.25) is 0 Å². The van der Waals surface area contributed by atoms with Crippen molar-refractivity contribution in [3.8, 4) is 0 Å². The zero-order chi connectivity index (χ0) is 7.68. The van der Waals surface area contributed by atoms with Crippen molar-refractivity contribution < 1.29 is 0 Å². The Kier molecular flexibility index (Phi) is 1.18. The van der Waals surface area contributed by atoms with Crippen LogP contribution < -0.4 is 5.56 Å². The molecule has 0 aromatic carbocycles. The van der Waals surface area contributed by atoms with Crippen LogP contribution in [-0.4, -0.2) is 14.6 Å². The topological polar surface area (TPSA) is 47.3 Å². The molecule has 4 nitrogen and oxygen atoms in total. The summed E-state index contributed by atoms with van der Waals surface area (Å²) in [7, 11) is 0. The van der Waals surface area contributed by atoms with Crippen molar-refractivity contribution >= 4 is 5.52 Å². The lowest BCUT2D eigenvalue weighted by atomic mass is 10.5. The smallest absolute Gasteiger partial charge is 0.312 e. The molecular formula is C7H5N3O. The van der Waals surface area contributed by atoms with E-state index in [1.807, 2.05) is 0 Å². The molecule has 2 rings (SSSR count). The van der Waals surface area contributed by atoms with E-state index in [1.54, 1.807) is 28.9 Å². The van der Waals surface area contributed by atoms with Crippen molar-refractivity contribution in [2.45, 2.75) is 0 Å². The Morgan fingerprint density at radius 3 is 3.18 bits per heavy atom. The normalized spacial score (nSPS) is 10.2. The largest absolute Gasteiger partial charge is 0.317 e. The Morgan fingerprint density at radius 1 is 1.36 bits per heavy atom. The Morgan fingerprint density at radius 2 is 2.27 bits per heavy atom. The maximum atomic E-state index is 11.0. The van der Waals surface area contributed by atoms with Gasteiger partial charge in [-0.15, -0.1) is 5.10 Å². The molecule has 0 amide bonds.